The largest absolute Gasteiger partial charge is 0.369 e. The Hall–Kier alpha value is -0.660. The molecule has 1 amide bonds. The highest BCUT2D eigenvalue weighted by Gasteiger charge is 2.53. The van der Waals surface area contributed by atoms with Crippen LogP contribution in [-0.2, 0) is 14.8 Å². The molecule has 16 heavy (non-hydrogen) atoms. The molecule has 0 saturated carbocycles. The summed E-state index contributed by atoms with van der Waals surface area (Å²) in [4.78, 5) is 12.6. The number of carbonyl (C=O) groups is 1. The number of hydrogen-bond acceptors (Lipinski definition) is 4. The predicted molar refractivity (Wildman–Crippen MR) is 59.1 cm³/mol. The van der Waals surface area contributed by atoms with Crippen LogP contribution >= 0.6 is 0 Å². The summed E-state index contributed by atoms with van der Waals surface area (Å²) in [7, 11) is -3.13. The number of carbonyl (C=O) groups excluding carboxylic acids is 1. The molecule has 2 fully saturated rings. The third-order valence-electron chi connectivity index (χ3n) is 3.35. The van der Waals surface area contributed by atoms with Gasteiger partial charge < -0.3 is 5.73 Å². The number of sulfonamides is 1. The first-order valence-electron chi connectivity index (χ1n) is 5.32. The van der Waals surface area contributed by atoms with E-state index >= 15 is 0 Å². The van der Waals surface area contributed by atoms with Crippen LogP contribution < -0.4 is 5.73 Å². The maximum absolute atomic E-state index is 11.6. The molecule has 0 aromatic carbocycles. The Balaban J connectivity index is 2.04. The summed E-state index contributed by atoms with van der Waals surface area (Å²) in [6, 6.07) is 0. The van der Waals surface area contributed by atoms with Gasteiger partial charge in [0.2, 0.25) is 15.9 Å². The van der Waals surface area contributed by atoms with Gasteiger partial charge in [0.05, 0.1) is 18.3 Å². The van der Waals surface area contributed by atoms with Crippen LogP contribution in [-0.4, -0.2) is 61.5 Å². The minimum absolute atomic E-state index is 0.222. The summed E-state index contributed by atoms with van der Waals surface area (Å²) in [6.07, 6.45) is 3.03. The fourth-order valence-corrected chi connectivity index (χ4v) is 4.24. The van der Waals surface area contributed by atoms with Crippen molar-refractivity contribution in [1.82, 2.24) is 9.21 Å². The number of primary amides is 1. The molecule has 1 spiro atoms. The van der Waals surface area contributed by atoms with E-state index in [1.807, 2.05) is 4.90 Å². The Morgan fingerprint density at radius 2 is 2.06 bits per heavy atom. The molecular weight excluding hydrogens is 230 g/mol. The van der Waals surface area contributed by atoms with Gasteiger partial charge in [-0.3, -0.25) is 9.69 Å². The summed E-state index contributed by atoms with van der Waals surface area (Å²) < 4.78 is 24.8. The van der Waals surface area contributed by atoms with Gasteiger partial charge >= 0.3 is 0 Å². The highest BCUT2D eigenvalue weighted by Crippen LogP contribution is 2.38. The second-order valence-corrected chi connectivity index (χ2v) is 6.68. The molecule has 6 nitrogen and oxygen atoms in total. The van der Waals surface area contributed by atoms with Crippen molar-refractivity contribution in [2.45, 2.75) is 18.4 Å². The average Bonchev–Trinajstić information content (AvgIpc) is 2.45. The summed E-state index contributed by atoms with van der Waals surface area (Å²) >= 11 is 0. The molecule has 0 bridgehead atoms. The summed E-state index contributed by atoms with van der Waals surface area (Å²) in [6.45, 7) is 2.08. The van der Waals surface area contributed by atoms with E-state index in [1.165, 1.54) is 6.26 Å². The van der Waals surface area contributed by atoms with Gasteiger partial charge in [0.15, 0.2) is 0 Å². The zero-order valence-electron chi connectivity index (χ0n) is 9.35. The first-order valence-corrected chi connectivity index (χ1v) is 7.17. The van der Waals surface area contributed by atoms with Crippen molar-refractivity contribution in [3.63, 3.8) is 0 Å². The van der Waals surface area contributed by atoms with Crippen LogP contribution in [0, 0.1) is 0 Å². The van der Waals surface area contributed by atoms with Gasteiger partial charge in [-0.25, -0.2) is 8.42 Å². The highest BCUT2D eigenvalue weighted by atomic mass is 32.2. The van der Waals surface area contributed by atoms with Crippen LogP contribution in [0.15, 0.2) is 0 Å². The normalized spacial score (nSPS) is 25.8. The van der Waals surface area contributed by atoms with Crippen LogP contribution in [0.3, 0.4) is 0 Å². The van der Waals surface area contributed by atoms with Gasteiger partial charge in [0.25, 0.3) is 0 Å². The van der Waals surface area contributed by atoms with E-state index in [0.717, 1.165) is 12.8 Å². The molecule has 2 aliphatic rings. The molecule has 2 saturated heterocycles. The van der Waals surface area contributed by atoms with E-state index in [-0.39, 0.29) is 18.0 Å². The van der Waals surface area contributed by atoms with Gasteiger partial charge in [-0.05, 0) is 12.8 Å². The first kappa shape index (κ1) is 11.8. The van der Waals surface area contributed by atoms with Gasteiger partial charge in [-0.15, -0.1) is 0 Å². The molecule has 0 aliphatic carbocycles. The lowest BCUT2D eigenvalue weighted by Gasteiger charge is -2.51. The second-order valence-electron chi connectivity index (χ2n) is 4.77. The molecule has 92 valence electrons. The van der Waals surface area contributed by atoms with E-state index in [4.69, 9.17) is 5.73 Å². The molecule has 0 radical (unpaired) electrons. The Bertz CT molecular complexity index is 400. The van der Waals surface area contributed by atoms with Gasteiger partial charge in [0.1, 0.15) is 0 Å². The lowest BCUT2D eigenvalue weighted by atomic mass is 9.88. The van der Waals surface area contributed by atoms with E-state index in [1.54, 1.807) is 4.31 Å². The highest BCUT2D eigenvalue weighted by molar-refractivity contribution is 7.88. The summed E-state index contributed by atoms with van der Waals surface area (Å²) in [5.74, 6) is -0.362. The van der Waals surface area contributed by atoms with E-state index in [9.17, 15) is 13.2 Å². The first-order chi connectivity index (χ1) is 7.33. The number of rotatable bonds is 3. The van der Waals surface area contributed by atoms with Gasteiger partial charge in [-0.2, -0.15) is 4.31 Å². The molecule has 0 aromatic heterocycles. The molecular formula is C9H17N3O3S. The molecule has 2 aliphatic heterocycles. The van der Waals surface area contributed by atoms with Crippen molar-refractivity contribution in [2.24, 2.45) is 5.73 Å². The molecule has 0 aromatic rings. The zero-order valence-corrected chi connectivity index (χ0v) is 10.2. The van der Waals surface area contributed by atoms with Crippen LogP contribution in [0.2, 0.25) is 0 Å². The van der Waals surface area contributed by atoms with Crippen LogP contribution in [0.5, 0.6) is 0 Å². The Labute approximate surface area is 95.4 Å². The standard InChI is InChI=1S/C9H17N3O3S/c1-16(14,15)12-4-2-3-9(12)6-11(7-9)5-8(10)13/h2-7H2,1H3,(H2,10,13). The number of hydrogen-bond donors (Lipinski definition) is 1. The topological polar surface area (TPSA) is 83.7 Å². The minimum Gasteiger partial charge on any atom is -0.369 e. The molecule has 0 unspecified atom stereocenters. The van der Waals surface area contributed by atoms with Crippen LogP contribution in [0.4, 0.5) is 0 Å². The quantitative estimate of drug-likeness (QED) is 0.663. The number of likely N-dealkylation sites (tertiary alicyclic amines) is 1. The SMILES string of the molecule is CS(=O)(=O)N1CCCC12CN(CC(N)=O)C2. The number of nitrogens with two attached hydrogens (primary N) is 1. The zero-order chi connectivity index (χ0) is 12.0. The maximum Gasteiger partial charge on any atom is 0.231 e. The lowest BCUT2D eigenvalue weighted by molar-refractivity contribution is -0.121. The molecule has 2 heterocycles. The van der Waals surface area contributed by atoms with E-state index in [2.05, 4.69) is 0 Å². The Morgan fingerprint density at radius 3 is 2.56 bits per heavy atom. The predicted octanol–water partition coefficient (Wildman–Crippen LogP) is -1.42. The fraction of sp³-hybridized carbons (Fsp3) is 0.889. The van der Waals surface area contributed by atoms with Crippen molar-refractivity contribution in [2.75, 3.05) is 32.4 Å². The van der Waals surface area contributed by atoms with Crippen molar-refractivity contribution < 1.29 is 13.2 Å². The van der Waals surface area contributed by atoms with Gasteiger partial charge in [-0.1, -0.05) is 0 Å². The summed E-state index contributed by atoms with van der Waals surface area (Å²) in [5, 5.41) is 0. The summed E-state index contributed by atoms with van der Waals surface area (Å²) in [5.41, 5.74) is 4.84. The van der Waals surface area contributed by atoms with Crippen molar-refractivity contribution >= 4 is 15.9 Å². The van der Waals surface area contributed by atoms with Crippen LogP contribution in [0.25, 0.3) is 0 Å². The Kier molecular flexibility index (Phi) is 2.72. The third kappa shape index (κ3) is 1.94. The molecule has 2 N–H and O–H groups in total. The minimum atomic E-state index is -3.13. The van der Waals surface area contributed by atoms with E-state index in [0.29, 0.717) is 19.6 Å². The molecule has 2 rings (SSSR count). The fourth-order valence-electron chi connectivity index (χ4n) is 2.87. The van der Waals surface area contributed by atoms with Crippen LogP contribution in [0.1, 0.15) is 12.8 Å². The van der Waals surface area contributed by atoms with E-state index < -0.39 is 10.0 Å². The maximum atomic E-state index is 11.6. The third-order valence-corrected chi connectivity index (χ3v) is 4.72. The lowest BCUT2D eigenvalue weighted by Crippen LogP contribution is -2.69. The number of nitrogens with zero attached hydrogens (tertiary/aromatic N) is 2. The second kappa shape index (κ2) is 3.68. The van der Waals surface area contributed by atoms with Crippen molar-refractivity contribution in [3.05, 3.63) is 0 Å². The smallest absolute Gasteiger partial charge is 0.231 e. The molecule has 0 atom stereocenters. The molecule has 7 heteroatoms. The monoisotopic (exact) mass is 247 g/mol. The van der Waals surface area contributed by atoms with Crippen molar-refractivity contribution in [3.8, 4) is 0 Å². The Morgan fingerprint density at radius 1 is 1.44 bits per heavy atom. The van der Waals surface area contributed by atoms with Gasteiger partial charge in [0, 0.05) is 19.6 Å². The van der Waals surface area contributed by atoms with Crippen molar-refractivity contribution in [1.29, 1.82) is 0 Å². The average molecular weight is 247 g/mol. The number of amides is 1.